The maximum atomic E-state index is 10.5. The van der Waals surface area contributed by atoms with Crippen molar-refractivity contribution in [2.45, 2.75) is 0 Å². The van der Waals surface area contributed by atoms with Crippen LogP contribution in [0.5, 0.6) is 0 Å². The number of carbonyl (C=O) groups is 1. The van der Waals surface area contributed by atoms with Gasteiger partial charge in [-0.1, -0.05) is 0 Å². The van der Waals surface area contributed by atoms with Crippen molar-refractivity contribution in [2.75, 3.05) is 47.8 Å². The fraction of sp³-hybridized carbons (Fsp3) is 0.889. The van der Waals surface area contributed by atoms with E-state index in [-0.39, 0.29) is 6.61 Å². The summed E-state index contributed by atoms with van der Waals surface area (Å²) >= 11 is 0. The van der Waals surface area contributed by atoms with E-state index in [4.69, 9.17) is 24.7 Å². The molecule has 0 aliphatic rings. The first kappa shape index (κ1) is 14.2. The Labute approximate surface area is 89.6 Å². The lowest BCUT2D eigenvalue weighted by Crippen LogP contribution is -2.42. The fourth-order valence-corrected chi connectivity index (χ4v) is 1.39. The monoisotopic (exact) mass is 221 g/mol. The minimum Gasteiger partial charge on any atom is -0.449 e. The van der Waals surface area contributed by atoms with Gasteiger partial charge in [-0.2, -0.15) is 0 Å². The minimum atomic E-state index is -0.817. The Morgan fingerprint density at radius 1 is 1.00 bits per heavy atom. The Hall–Kier alpha value is -0.850. The summed E-state index contributed by atoms with van der Waals surface area (Å²) in [5, 5.41) is 0. The van der Waals surface area contributed by atoms with E-state index >= 15 is 0 Å². The molecule has 0 unspecified atom stereocenters. The predicted octanol–water partition coefficient (Wildman–Crippen LogP) is 0.00730. The zero-order valence-corrected chi connectivity index (χ0v) is 9.45. The van der Waals surface area contributed by atoms with Crippen LogP contribution in [0, 0.1) is 5.41 Å². The topological polar surface area (TPSA) is 80.0 Å². The maximum Gasteiger partial charge on any atom is 0.404 e. The molecule has 6 nitrogen and oxygen atoms in total. The molecule has 0 atom stereocenters. The van der Waals surface area contributed by atoms with Gasteiger partial charge in [0.2, 0.25) is 0 Å². The van der Waals surface area contributed by atoms with Crippen LogP contribution < -0.4 is 5.73 Å². The molecular formula is C9H19NO5. The summed E-state index contributed by atoms with van der Waals surface area (Å²) in [6.07, 6.45) is -0.817. The van der Waals surface area contributed by atoms with Crippen LogP contribution >= 0.6 is 0 Å². The van der Waals surface area contributed by atoms with Crippen molar-refractivity contribution >= 4 is 6.09 Å². The average molecular weight is 221 g/mol. The molecule has 0 saturated heterocycles. The Kier molecular flexibility index (Phi) is 7.02. The van der Waals surface area contributed by atoms with Crippen molar-refractivity contribution in [2.24, 2.45) is 11.1 Å². The smallest absolute Gasteiger partial charge is 0.404 e. The number of hydrogen-bond acceptors (Lipinski definition) is 5. The molecule has 2 N–H and O–H groups in total. The third-order valence-electron chi connectivity index (χ3n) is 1.87. The molecule has 0 spiro atoms. The van der Waals surface area contributed by atoms with E-state index in [1.807, 2.05) is 0 Å². The van der Waals surface area contributed by atoms with Crippen LogP contribution in [0.15, 0.2) is 0 Å². The fourth-order valence-electron chi connectivity index (χ4n) is 1.39. The lowest BCUT2D eigenvalue weighted by Gasteiger charge is -2.30. The van der Waals surface area contributed by atoms with Crippen molar-refractivity contribution in [3.8, 4) is 0 Å². The van der Waals surface area contributed by atoms with Gasteiger partial charge in [0, 0.05) is 21.3 Å². The first-order valence-corrected chi connectivity index (χ1v) is 4.49. The quantitative estimate of drug-likeness (QED) is 0.624. The highest BCUT2D eigenvalue weighted by molar-refractivity contribution is 5.64. The van der Waals surface area contributed by atoms with E-state index in [9.17, 15) is 4.79 Å². The molecule has 0 aromatic heterocycles. The SMILES string of the molecule is COCC(COC)(COC)COC(N)=O. The van der Waals surface area contributed by atoms with Crippen LogP contribution in [-0.4, -0.2) is 53.9 Å². The predicted molar refractivity (Wildman–Crippen MR) is 53.6 cm³/mol. The van der Waals surface area contributed by atoms with Gasteiger partial charge in [-0.15, -0.1) is 0 Å². The Morgan fingerprint density at radius 2 is 1.40 bits per heavy atom. The van der Waals surface area contributed by atoms with Crippen molar-refractivity contribution in [3.05, 3.63) is 0 Å². The molecular weight excluding hydrogens is 202 g/mol. The van der Waals surface area contributed by atoms with Crippen LogP contribution in [0.25, 0.3) is 0 Å². The van der Waals surface area contributed by atoms with Crippen LogP contribution in [0.3, 0.4) is 0 Å². The molecule has 0 aromatic carbocycles. The standard InChI is InChI=1S/C9H19NO5/c1-12-4-9(5-13-2,6-14-3)7-15-8(10)11/h4-7H2,1-3H3,(H2,10,11). The Bertz CT molecular complexity index is 168. The van der Waals surface area contributed by atoms with Gasteiger partial charge in [-0.25, -0.2) is 4.79 Å². The highest BCUT2D eigenvalue weighted by Crippen LogP contribution is 2.19. The van der Waals surface area contributed by atoms with Gasteiger partial charge in [0.1, 0.15) is 6.61 Å². The van der Waals surface area contributed by atoms with Gasteiger partial charge in [0.15, 0.2) is 0 Å². The molecule has 0 radical (unpaired) electrons. The number of methoxy groups -OCH3 is 3. The highest BCUT2D eigenvalue weighted by Gasteiger charge is 2.32. The van der Waals surface area contributed by atoms with Crippen LogP contribution in [-0.2, 0) is 18.9 Å². The zero-order valence-electron chi connectivity index (χ0n) is 9.45. The van der Waals surface area contributed by atoms with E-state index in [0.717, 1.165) is 0 Å². The minimum absolute atomic E-state index is 0.109. The Morgan fingerprint density at radius 3 is 1.67 bits per heavy atom. The number of carbonyl (C=O) groups excluding carboxylic acids is 1. The van der Waals surface area contributed by atoms with Gasteiger partial charge in [0.25, 0.3) is 0 Å². The summed E-state index contributed by atoms with van der Waals surface area (Å²) in [4.78, 5) is 10.5. The number of primary amides is 1. The molecule has 0 fully saturated rings. The van der Waals surface area contributed by atoms with Crippen LogP contribution in [0.2, 0.25) is 0 Å². The molecule has 6 heteroatoms. The van der Waals surface area contributed by atoms with Gasteiger partial charge >= 0.3 is 6.09 Å². The molecule has 1 amide bonds. The summed E-state index contributed by atoms with van der Waals surface area (Å²) in [6, 6.07) is 0. The lowest BCUT2D eigenvalue weighted by molar-refractivity contribution is -0.0685. The molecule has 0 saturated carbocycles. The van der Waals surface area contributed by atoms with Crippen molar-refractivity contribution in [1.29, 1.82) is 0 Å². The summed E-state index contributed by atoms with van der Waals surface area (Å²) in [6.45, 7) is 1.20. The molecule has 15 heavy (non-hydrogen) atoms. The van der Waals surface area contributed by atoms with E-state index in [2.05, 4.69) is 0 Å². The third kappa shape index (κ3) is 5.56. The van der Waals surface area contributed by atoms with E-state index < -0.39 is 11.5 Å². The number of nitrogens with two attached hydrogens (primary N) is 1. The van der Waals surface area contributed by atoms with E-state index in [1.54, 1.807) is 21.3 Å². The summed E-state index contributed by atoms with van der Waals surface area (Å²) in [5.74, 6) is 0. The Balaban J connectivity index is 4.37. The van der Waals surface area contributed by atoms with Crippen LogP contribution in [0.4, 0.5) is 4.79 Å². The second kappa shape index (κ2) is 7.44. The molecule has 0 aliphatic carbocycles. The van der Waals surface area contributed by atoms with Gasteiger partial charge in [0.05, 0.1) is 25.2 Å². The summed E-state index contributed by atoms with van der Waals surface area (Å²) < 4.78 is 19.9. The lowest BCUT2D eigenvalue weighted by atomic mass is 9.92. The molecule has 0 bridgehead atoms. The van der Waals surface area contributed by atoms with Crippen molar-refractivity contribution in [1.82, 2.24) is 0 Å². The normalized spacial score (nSPS) is 11.4. The summed E-state index contributed by atoms with van der Waals surface area (Å²) in [7, 11) is 4.68. The largest absolute Gasteiger partial charge is 0.449 e. The molecule has 0 heterocycles. The van der Waals surface area contributed by atoms with Crippen molar-refractivity contribution < 1.29 is 23.7 Å². The van der Waals surface area contributed by atoms with Gasteiger partial charge < -0.3 is 24.7 Å². The molecule has 0 aromatic rings. The van der Waals surface area contributed by atoms with E-state index in [1.165, 1.54) is 0 Å². The number of amides is 1. The van der Waals surface area contributed by atoms with Crippen LogP contribution in [0.1, 0.15) is 0 Å². The second-order valence-corrected chi connectivity index (χ2v) is 3.41. The zero-order chi connectivity index (χ0) is 11.7. The molecule has 0 rings (SSSR count). The highest BCUT2D eigenvalue weighted by atomic mass is 16.6. The first-order valence-electron chi connectivity index (χ1n) is 4.49. The van der Waals surface area contributed by atoms with Gasteiger partial charge in [-0.05, 0) is 0 Å². The molecule has 90 valence electrons. The second-order valence-electron chi connectivity index (χ2n) is 3.41. The summed E-state index contributed by atoms with van der Waals surface area (Å²) in [5.41, 5.74) is 4.40. The number of hydrogen-bond donors (Lipinski definition) is 1. The number of ether oxygens (including phenoxy) is 4. The third-order valence-corrected chi connectivity index (χ3v) is 1.87. The number of rotatable bonds is 8. The maximum absolute atomic E-state index is 10.5. The van der Waals surface area contributed by atoms with Crippen molar-refractivity contribution in [3.63, 3.8) is 0 Å². The van der Waals surface area contributed by atoms with Gasteiger partial charge in [-0.3, -0.25) is 0 Å². The average Bonchev–Trinajstić information content (AvgIpc) is 2.16. The van der Waals surface area contributed by atoms with E-state index in [0.29, 0.717) is 19.8 Å². The first-order chi connectivity index (χ1) is 7.10. The molecule has 0 aliphatic heterocycles.